The van der Waals surface area contributed by atoms with Crippen molar-refractivity contribution in [2.75, 3.05) is 14.2 Å². The number of methoxy groups -OCH3 is 2. The average molecular weight is 408 g/mol. The summed E-state index contributed by atoms with van der Waals surface area (Å²) in [5.74, 6) is 0.349. The number of benzene rings is 2. The van der Waals surface area contributed by atoms with Gasteiger partial charge in [0.1, 0.15) is 0 Å². The zero-order valence-electron chi connectivity index (χ0n) is 15.3. The molecule has 0 N–H and O–H groups in total. The summed E-state index contributed by atoms with van der Waals surface area (Å²) in [4.78, 5) is 15.7. The molecule has 1 heterocycles. The fourth-order valence-corrected chi connectivity index (χ4v) is 2.41. The molecule has 0 atom stereocenters. The predicted molar refractivity (Wildman–Crippen MR) is 93.4 cm³/mol. The first-order valence-electron chi connectivity index (χ1n) is 8.21. The number of carbonyl (C=O) groups excluding carboxylic acids is 1. The van der Waals surface area contributed by atoms with Crippen molar-refractivity contribution in [3.63, 3.8) is 0 Å². The van der Waals surface area contributed by atoms with E-state index in [-0.39, 0.29) is 18.3 Å². The van der Waals surface area contributed by atoms with E-state index in [0.717, 1.165) is 12.1 Å². The molecule has 0 spiro atoms. The monoisotopic (exact) mass is 408 g/mol. The van der Waals surface area contributed by atoms with E-state index in [9.17, 15) is 18.0 Å². The van der Waals surface area contributed by atoms with E-state index in [1.807, 2.05) is 0 Å². The van der Waals surface area contributed by atoms with Gasteiger partial charge in [0.2, 0.25) is 5.82 Å². The van der Waals surface area contributed by atoms with Crippen molar-refractivity contribution < 1.29 is 36.7 Å². The quantitative estimate of drug-likeness (QED) is 0.567. The molecule has 0 saturated carbocycles. The van der Waals surface area contributed by atoms with Gasteiger partial charge in [-0.25, -0.2) is 4.79 Å². The number of alkyl halides is 3. The van der Waals surface area contributed by atoms with E-state index in [4.69, 9.17) is 14.0 Å². The Morgan fingerprint density at radius 3 is 2.41 bits per heavy atom. The molecule has 29 heavy (non-hydrogen) atoms. The van der Waals surface area contributed by atoms with Crippen molar-refractivity contribution in [3.8, 4) is 22.9 Å². The highest BCUT2D eigenvalue weighted by molar-refractivity contribution is 5.90. The van der Waals surface area contributed by atoms with Crippen molar-refractivity contribution in [2.24, 2.45) is 0 Å². The van der Waals surface area contributed by atoms with Crippen molar-refractivity contribution in [3.05, 3.63) is 59.5 Å². The summed E-state index contributed by atoms with van der Waals surface area (Å²) in [5, 5.41) is 3.74. The second-order valence-corrected chi connectivity index (χ2v) is 5.73. The Morgan fingerprint density at radius 1 is 1.07 bits per heavy atom. The Morgan fingerprint density at radius 2 is 1.79 bits per heavy atom. The minimum atomic E-state index is -4.42. The van der Waals surface area contributed by atoms with E-state index in [2.05, 4.69) is 14.9 Å². The van der Waals surface area contributed by atoms with Gasteiger partial charge in [0.05, 0.1) is 25.3 Å². The second-order valence-electron chi connectivity index (χ2n) is 5.73. The Hall–Kier alpha value is -3.56. The smallest absolute Gasteiger partial charge is 0.416 e. The number of carbonyl (C=O) groups is 1. The van der Waals surface area contributed by atoms with Crippen molar-refractivity contribution in [1.82, 2.24) is 10.1 Å². The lowest BCUT2D eigenvalue weighted by Gasteiger charge is -2.10. The first-order valence-corrected chi connectivity index (χ1v) is 8.21. The third-order valence-corrected chi connectivity index (χ3v) is 3.87. The van der Waals surface area contributed by atoms with E-state index in [1.54, 1.807) is 0 Å². The minimum Gasteiger partial charge on any atom is -0.493 e. The van der Waals surface area contributed by atoms with Crippen LogP contribution >= 0.6 is 0 Å². The molecule has 0 unspecified atom stereocenters. The topological polar surface area (TPSA) is 83.7 Å². The highest BCUT2D eigenvalue weighted by atomic mass is 19.4. The van der Waals surface area contributed by atoms with Crippen LogP contribution in [0.5, 0.6) is 11.5 Å². The minimum absolute atomic E-state index is 0.110. The first kappa shape index (κ1) is 20.2. The largest absolute Gasteiger partial charge is 0.493 e. The lowest BCUT2D eigenvalue weighted by molar-refractivity contribution is -0.137. The summed E-state index contributed by atoms with van der Waals surface area (Å²) in [6.45, 7) is -0.110. The number of ether oxygens (including phenoxy) is 3. The molecule has 0 aliphatic rings. The van der Waals surface area contributed by atoms with E-state index < -0.39 is 17.7 Å². The van der Waals surface area contributed by atoms with Gasteiger partial charge in [-0.2, -0.15) is 18.2 Å². The van der Waals surface area contributed by atoms with Crippen LogP contribution in [0.15, 0.2) is 47.0 Å². The summed E-state index contributed by atoms with van der Waals surface area (Å²) in [6, 6.07) is 8.89. The lowest BCUT2D eigenvalue weighted by atomic mass is 10.1. The maximum absolute atomic E-state index is 12.6. The molecule has 0 saturated heterocycles. The summed E-state index contributed by atoms with van der Waals surface area (Å²) < 4.78 is 58.4. The standard InChI is InChI=1S/C19H15F3N2O5/c1-26-15-9-12(18(25)27-2)5-8-14(15)28-10-16-23-17(24-29-16)11-3-6-13(7-4-11)19(20,21)22/h3-9H,10H2,1-2H3. The first-order chi connectivity index (χ1) is 13.8. The van der Waals surface area contributed by atoms with Crippen LogP contribution in [0.25, 0.3) is 11.4 Å². The summed E-state index contributed by atoms with van der Waals surface area (Å²) in [5.41, 5.74) is -0.108. The van der Waals surface area contributed by atoms with Gasteiger partial charge in [0, 0.05) is 5.56 Å². The molecular formula is C19H15F3N2O5. The van der Waals surface area contributed by atoms with Crippen molar-refractivity contribution in [1.29, 1.82) is 0 Å². The molecule has 3 aromatic rings. The predicted octanol–water partition coefficient (Wildman–Crippen LogP) is 4.13. The molecule has 0 aliphatic carbocycles. The van der Waals surface area contributed by atoms with Gasteiger partial charge in [0.25, 0.3) is 5.89 Å². The number of nitrogens with zero attached hydrogens (tertiary/aromatic N) is 2. The van der Waals surface area contributed by atoms with Gasteiger partial charge in [-0.15, -0.1) is 0 Å². The zero-order valence-corrected chi connectivity index (χ0v) is 15.3. The summed E-state index contributed by atoms with van der Waals surface area (Å²) >= 11 is 0. The van der Waals surface area contributed by atoms with Crippen LogP contribution in [0.2, 0.25) is 0 Å². The fourth-order valence-electron chi connectivity index (χ4n) is 2.41. The normalized spacial score (nSPS) is 11.2. The SMILES string of the molecule is COC(=O)c1ccc(OCc2nc(-c3ccc(C(F)(F)F)cc3)no2)c(OC)c1. The van der Waals surface area contributed by atoms with E-state index >= 15 is 0 Å². The Balaban J connectivity index is 1.70. The van der Waals surface area contributed by atoms with Gasteiger partial charge in [0.15, 0.2) is 18.1 Å². The van der Waals surface area contributed by atoms with Crippen molar-refractivity contribution >= 4 is 5.97 Å². The molecule has 0 radical (unpaired) electrons. The number of hydrogen-bond donors (Lipinski definition) is 0. The van der Waals surface area contributed by atoms with Gasteiger partial charge in [-0.1, -0.05) is 17.3 Å². The molecule has 0 bridgehead atoms. The summed E-state index contributed by atoms with van der Waals surface area (Å²) in [7, 11) is 2.68. The number of hydrogen-bond acceptors (Lipinski definition) is 7. The molecule has 7 nitrogen and oxygen atoms in total. The molecular weight excluding hydrogens is 393 g/mol. The molecule has 3 rings (SSSR count). The molecule has 0 fully saturated rings. The molecule has 2 aromatic carbocycles. The molecule has 1 aromatic heterocycles. The average Bonchev–Trinajstić information content (AvgIpc) is 3.20. The number of halogens is 3. The maximum Gasteiger partial charge on any atom is 0.416 e. The van der Waals surface area contributed by atoms with Gasteiger partial charge in [-0.05, 0) is 30.3 Å². The third-order valence-electron chi connectivity index (χ3n) is 3.87. The number of esters is 1. The highest BCUT2D eigenvalue weighted by Crippen LogP contribution is 2.31. The summed E-state index contributed by atoms with van der Waals surface area (Å²) in [6.07, 6.45) is -4.42. The number of rotatable bonds is 6. The van der Waals surface area contributed by atoms with Crippen LogP contribution in [-0.2, 0) is 17.5 Å². The van der Waals surface area contributed by atoms with Crippen LogP contribution in [0, 0.1) is 0 Å². The van der Waals surface area contributed by atoms with Crippen LogP contribution in [0.4, 0.5) is 13.2 Å². The fraction of sp³-hybridized carbons (Fsp3) is 0.211. The van der Waals surface area contributed by atoms with E-state index in [1.165, 1.54) is 44.6 Å². The van der Waals surface area contributed by atoms with Crippen LogP contribution in [0.1, 0.15) is 21.8 Å². The molecule has 152 valence electrons. The van der Waals surface area contributed by atoms with E-state index in [0.29, 0.717) is 22.6 Å². The molecule has 0 amide bonds. The Labute approximate surface area is 163 Å². The van der Waals surface area contributed by atoms with Gasteiger partial charge < -0.3 is 18.7 Å². The van der Waals surface area contributed by atoms with Crippen LogP contribution in [0.3, 0.4) is 0 Å². The Bertz CT molecular complexity index is 1000. The Kier molecular flexibility index (Phi) is 5.71. The lowest BCUT2D eigenvalue weighted by Crippen LogP contribution is -2.04. The maximum atomic E-state index is 12.6. The second kappa shape index (κ2) is 8.21. The van der Waals surface area contributed by atoms with Gasteiger partial charge in [-0.3, -0.25) is 0 Å². The number of aromatic nitrogens is 2. The van der Waals surface area contributed by atoms with Gasteiger partial charge >= 0.3 is 12.1 Å². The molecule has 10 heteroatoms. The molecule has 0 aliphatic heterocycles. The third kappa shape index (κ3) is 4.65. The zero-order chi connectivity index (χ0) is 21.0. The highest BCUT2D eigenvalue weighted by Gasteiger charge is 2.30. The van der Waals surface area contributed by atoms with Crippen LogP contribution < -0.4 is 9.47 Å². The van der Waals surface area contributed by atoms with Crippen LogP contribution in [-0.4, -0.2) is 30.3 Å². The van der Waals surface area contributed by atoms with Crippen molar-refractivity contribution in [2.45, 2.75) is 12.8 Å².